The quantitative estimate of drug-likeness (QED) is 0.415. The molecule has 2 bridgehead atoms. The van der Waals surface area contributed by atoms with Crippen molar-refractivity contribution >= 4 is 18.0 Å². The van der Waals surface area contributed by atoms with Gasteiger partial charge in [-0.15, -0.1) is 0 Å². The van der Waals surface area contributed by atoms with Crippen LogP contribution in [0.5, 0.6) is 0 Å². The van der Waals surface area contributed by atoms with E-state index in [4.69, 9.17) is 23.1 Å². The third-order valence-electron chi connectivity index (χ3n) is 9.23. The lowest BCUT2D eigenvalue weighted by atomic mass is 9.41. The van der Waals surface area contributed by atoms with Crippen molar-refractivity contribution in [3.05, 3.63) is 11.1 Å². The van der Waals surface area contributed by atoms with Crippen LogP contribution in [0.15, 0.2) is 11.1 Å². The number of hydrogen-bond donors (Lipinski definition) is 1. The zero-order chi connectivity index (χ0) is 20.1. The highest BCUT2D eigenvalue weighted by Gasteiger charge is 2.98. The number of carbonyl (C=O) groups excluding carboxylic acids is 1. The molecule has 6 fully saturated rings. The highest BCUT2D eigenvalue weighted by Crippen LogP contribution is 2.82. The molecule has 0 aromatic heterocycles. The van der Waals surface area contributed by atoms with Gasteiger partial charge < -0.3 is 28.2 Å². The van der Waals surface area contributed by atoms with Crippen molar-refractivity contribution in [2.45, 2.75) is 80.9 Å². The van der Waals surface area contributed by atoms with E-state index in [1.807, 2.05) is 6.26 Å². The largest absolute Gasteiger partial charge is 0.458 e. The van der Waals surface area contributed by atoms with Crippen LogP contribution >= 0.6 is 12.0 Å². The van der Waals surface area contributed by atoms with Gasteiger partial charge in [0, 0.05) is 24.0 Å². The van der Waals surface area contributed by atoms with Crippen molar-refractivity contribution in [3.63, 3.8) is 0 Å². The Labute approximate surface area is 173 Å². The zero-order valence-electron chi connectivity index (χ0n) is 17.0. The molecule has 29 heavy (non-hydrogen) atoms. The van der Waals surface area contributed by atoms with Crippen molar-refractivity contribution in [1.82, 2.24) is 0 Å². The van der Waals surface area contributed by atoms with Gasteiger partial charge in [0.25, 0.3) is 0 Å². The summed E-state index contributed by atoms with van der Waals surface area (Å²) in [4.78, 5) is 12.2. The molecule has 5 aliphatic heterocycles. The second-order valence-electron chi connectivity index (χ2n) is 10.3. The van der Waals surface area contributed by atoms with Gasteiger partial charge in [-0.25, -0.2) is 4.79 Å². The van der Waals surface area contributed by atoms with E-state index in [1.54, 1.807) is 0 Å². The molecule has 8 rings (SSSR count). The number of aliphatic hydroxyl groups excluding tert-OH is 1. The Kier molecular flexibility index (Phi) is 3.03. The SMILES string of the molecule is CSO[C@@H]1[C@@]2(C(C)C)O[C@H]2[C@@H]2O[C@@]23[C@@]2(C)CC(O)C4=C(COC4=O)[C@@H]2C2C[C@@]13O2. The lowest BCUT2D eigenvalue weighted by Crippen LogP contribution is -2.84. The standard InChI is InChI=1S/C21H26O7S/c1-8(2)20-14(26-20)15-21(27-15)18(3)5-10(22)12-9(7-24-16(12)23)13(18)11-6-19(21,25-11)17(20)28-29-4/h8,10-11,13-15,17,22H,5-7H2,1-4H3/t10?,11?,13-,14+,15+,17+,18+,19-,20+,21-/m1/s1. The maximum absolute atomic E-state index is 12.2. The molecule has 10 atom stereocenters. The van der Waals surface area contributed by atoms with E-state index in [0.717, 1.165) is 12.0 Å². The first-order chi connectivity index (χ1) is 13.8. The summed E-state index contributed by atoms with van der Waals surface area (Å²) in [5, 5.41) is 10.9. The van der Waals surface area contributed by atoms with Gasteiger partial charge in [0.05, 0.1) is 17.8 Å². The van der Waals surface area contributed by atoms with Crippen molar-refractivity contribution in [3.8, 4) is 0 Å². The minimum absolute atomic E-state index is 0.0134. The Morgan fingerprint density at radius 1 is 1.21 bits per heavy atom. The van der Waals surface area contributed by atoms with E-state index < -0.39 is 17.3 Å². The highest BCUT2D eigenvalue weighted by atomic mass is 32.2. The average molecular weight is 422 g/mol. The van der Waals surface area contributed by atoms with Gasteiger partial charge in [0.1, 0.15) is 41.7 Å². The van der Waals surface area contributed by atoms with Gasteiger partial charge in [-0.1, -0.05) is 20.8 Å². The van der Waals surface area contributed by atoms with Crippen molar-refractivity contribution in [1.29, 1.82) is 0 Å². The number of fused-ring (bicyclic) bond motifs is 2. The van der Waals surface area contributed by atoms with Gasteiger partial charge in [-0.05, 0) is 30.0 Å². The second kappa shape index (κ2) is 4.89. The van der Waals surface area contributed by atoms with Gasteiger partial charge in [-0.2, -0.15) is 0 Å². The van der Waals surface area contributed by atoms with E-state index in [-0.39, 0.29) is 59.8 Å². The number of rotatable bonds is 3. The molecule has 8 heteroatoms. The fraction of sp³-hybridized carbons (Fsp3) is 0.857. The fourth-order valence-corrected chi connectivity index (χ4v) is 8.72. The van der Waals surface area contributed by atoms with E-state index >= 15 is 0 Å². The molecule has 0 aromatic carbocycles. The predicted molar refractivity (Wildman–Crippen MR) is 101 cm³/mol. The summed E-state index contributed by atoms with van der Waals surface area (Å²) >= 11 is 1.36. The summed E-state index contributed by atoms with van der Waals surface area (Å²) < 4.78 is 31.3. The van der Waals surface area contributed by atoms with Crippen LogP contribution in [0, 0.1) is 17.3 Å². The third-order valence-corrected chi connectivity index (χ3v) is 9.61. The summed E-state index contributed by atoms with van der Waals surface area (Å²) in [6.07, 6.45) is 2.07. The average Bonchev–Trinajstić information content (AvgIpc) is 3.49. The number of carbonyl (C=O) groups is 1. The van der Waals surface area contributed by atoms with Crippen LogP contribution < -0.4 is 0 Å². The van der Waals surface area contributed by atoms with Crippen molar-refractivity contribution in [2.24, 2.45) is 17.3 Å². The summed E-state index contributed by atoms with van der Waals surface area (Å²) in [5.41, 5.74) is -0.514. The highest BCUT2D eigenvalue weighted by molar-refractivity contribution is 7.93. The summed E-state index contributed by atoms with van der Waals surface area (Å²) in [6, 6.07) is 0. The number of hydrogen-bond acceptors (Lipinski definition) is 8. The van der Waals surface area contributed by atoms with Gasteiger partial charge in [-0.3, -0.25) is 0 Å². The normalized spacial score (nSPS) is 60.4. The van der Waals surface area contributed by atoms with Gasteiger partial charge >= 0.3 is 5.97 Å². The van der Waals surface area contributed by atoms with E-state index in [0.29, 0.717) is 12.0 Å². The van der Waals surface area contributed by atoms with Crippen LogP contribution in [0.3, 0.4) is 0 Å². The summed E-state index contributed by atoms with van der Waals surface area (Å²) in [7, 11) is 0. The molecule has 0 amide bonds. The first-order valence-corrected chi connectivity index (χ1v) is 11.7. The Hall–Kier alpha value is -0.640. The molecule has 4 saturated heterocycles. The fourth-order valence-electron chi connectivity index (χ4n) is 8.22. The first kappa shape index (κ1) is 18.0. The molecule has 158 valence electrons. The maximum Gasteiger partial charge on any atom is 0.337 e. The number of cyclic esters (lactones) is 1. The molecule has 5 heterocycles. The van der Waals surface area contributed by atoms with E-state index in [1.165, 1.54) is 12.0 Å². The molecule has 0 aromatic rings. The Bertz CT molecular complexity index is 880. The molecule has 2 spiro atoms. The number of aliphatic hydroxyl groups is 1. The van der Waals surface area contributed by atoms with Crippen LogP contribution in [0.2, 0.25) is 0 Å². The van der Waals surface area contributed by atoms with Crippen molar-refractivity contribution in [2.75, 3.05) is 12.9 Å². The molecule has 2 unspecified atom stereocenters. The van der Waals surface area contributed by atoms with Crippen LogP contribution in [0.4, 0.5) is 0 Å². The number of esters is 1. The van der Waals surface area contributed by atoms with Crippen LogP contribution in [0.25, 0.3) is 0 Å². The lowest BCUT2D eigenvalue weighted by Gasteiger charge is -2.70. The van der Waals surface area contributed by atoms with Crippen LogP contribution in [-0.2, 0) is 27.9 Å². The first-order valence-electron chi connectivity index (χ1n) is 10.6. The minimum atomic E-state index is -0.827. The summed E-state index contributed by atoms with van der Waals surface area (Å²) in [5.74, 6) is -0.0889. The third kappa shape index (κ3) is 1.56. The molecule has 1 N–H and O–H groups in total. The van der Waals surface area contributed by atoms with E-state index in [2.05, 4.69) is 20.8 Å². The predicted octanol–water partition coefficient (Wildman–Crippen LogP) is 1.38. The monoisotopic (exact) mass is 422 g/mol. The molecule has 8 aliphatic rings. The molecule has 2 saturated carbocycles. The number of ether oxygens (including phenoxy) is 4. The smallest absolute Gasteiger partial charge is 0.337 e. The molecule has 7 nitrogen and oxygen atoms in total. The molecule has 3 aliphatic carbocycles. The lowest BCUT2D eigenvalue weighted by molar-refractivity contribution is -0.363. The summed E-state index contributed by atoms with van der Waals surface area (Å²) in [6.45, 7) is 6.81. The van der Waals surface area contributed by atoms with E-state index in [9.17, 15) is 9.90 Å². The zero-order valence-corrected chi connectivity index (χ0v) is 17.8. The molecular formula is C21H26O7S. The Morgan fingerprint density at radius 2 is 1.97 bits per heavy atom. The Balaban J connectivity index is 1.40. The Morgan fingerprint density at radius 3 is 2.66 bits per heavy atom. The molecule has 0 radical (unpaired) electrons. The van der Waals surface area contributed by atoms with Gasteiger partial charge in [0.15, 0.2) is 0 Å². The maximum atomic E-state index is 12.2. The minimum Gasteiger partial charge on any atom is -0.458 e. The molecular weight excluding hydrogens is 396 g/mol. The topological polar surface area (TPSA) is 90.0 Å². The van der Waals surface area contributed by atoms with Crippen LogP contribution in [0.1, 0.15) is 33.6 Å². The van der Waals surface area contributed by atoms with Crippen LogP contribution in [-0.4, -0.2) is 71.3 Å². The van der Waals surface area contributed by atoms with Gasteiger partial charge in [0.2, 0.25) is 0 Å². The van der Waals surface area contributed by atoms with Crippen molar-refractivity contribution < 1.29 is 33.0 Å². The number of epoxide rings is 2. The second-order valence-corrected chi connectivity index (χ2v) is 10.9.